The van der Waals surface area contributed by atoms with Crippen LogP contribution in [0.25, 0.3) is 0 Å². The summed E-state index contributed by atoms with van der Waals surface area (Å²) in [5, 5.41) is 0. The Hall–Kier alpha value is -1.32. The number of likely N-dealkylation sites (tertiary alicyclic amines) is 1. The van der Waals surface area contributed by atoms with Crippen LogP contribution in [0, 0.1) is 0 Å². The first-order chi connectivity index (χ1) is 11.2. The van der Waals surface area contributed by atoms with Gasteiger partial charge >= 0.3 is 15.6 Å². The highest BCUT2D eigenvalue weighted by Crippen LogP contribution is 2.36. The molecule has 0 radical (unpaired) electrons. The Morgan fingerprint density at radius 3 is 2.42 bits per heavy atom. The average Bonchev–Trinajstić information content (AvgIpc) is 2.53. The Kier molecular flexibility index (Phi) is 5.77. The molecule has 2 rings (SSSR count). The van der Waals surface area contributed by atoms with Crippen LogP contribution in [0.1, 0.15) is 36.8 Å². The first kappa shape index (κ1) is 19.0. The van der Waals surface area contributed by atoms with Crippen LogP contribution in [0.15, 0.2) is 18.2 Å². The van der Waals surface area contributed by atoms with Crippen molar-refractivity contribution in [3.63, 3.8) is 0 Å². The molecule has 0 aromatic heterocycles. The number of piperidine rings is 1. The van der Waals surface area contributed by atoms with Gasteiger partial charge in [0.25, 0.3) is 0 Å². The van der Waals surface area contributed by atoms with Crippen LogP contribution < -0.4 is 9.92 Å². The smallest absolute Gasteiger partial charge is 0.376 e. The molecular weight excluding hydrogens is 345 g/mol. The standard InChI is InChI=1S/C15H21F3N2O3S/c1-2-20-8-6-11(7-9-20)12-4-3-5-14(13(12)10-19)23-24(21,22)15(16,17)18/h3-5,11H,2,6-10,19H2,1H3. The molecule has 0 bridgehead atoms. The van der Waals surface area contributed by atoms with Crippen molar-refractivity contribution in [1.82, 2.24) is 4.90 Å². The minimum absolute atomic E-state index is 0.0904. The lowest BCUT2D eigenvalue weighted by Gasteiger charge is -2.32. The summed E-state index contributed by atoms with van der Waals surface area (Å²) >= 11 is 0. The van der Waals surface area contributed by atoms with Crippen LogP contribution in [0.5, 0.6) is 5.75 Å². The zero-order chi connectivity index (χ0) is 18.0. The van der Waals surface area contributed by atoms with Gasteiger partial charge in [0.1, 0.15) is 5.75 Å². The average molecular weight is 366 g/mol. The number of hydrogen-bond acceptors (Lipinski definition) is 5. The Balaban J connectivity index is 2.30. The van der Waals surface area contributed by atoms with Crippen molar-refractivity contribution in [1.29, 1.82) is 0 Å². The van der Waals surface area contributed by atoms with Crippen molar-refractivity contribution in [2.24, 2.45) is 5.73 Å². The summed E-state index contributed by atoms with van der Waals surface area (Å²) in [7, 11) is -5.71. The fourth-order valence-corrected chi connectivity index (χ4v) is 3.47. The summed E-state index contributed by atoms with van der Waals surface area (Å²) in [6.07, 6.45) is 1.69. The molecule has 0 aliphatic carbocycles. The Bertz CT molecular complexity index is 669. The fraction of sp³-hybridized carbons (Fsp3) is 0.600. The van der Waals surface area contributed by atoms with Crippen LogP contribution in [-0.2, 0) is 16.7 Å². The summed E-state index contributed by atoms with van der Waals surface area (Å²) in [6, 6.07) is 4.49. The molecule has 1 aromatic rings. The quantitative estimate of drug-likeness (QED) is 0.641. The second-order valence-corrected chi connectivity index (χ2v) is 7.26. The first-order valence-corrected chi connectivity index (χ1v) is 9.15. The van der Waals surface area contributed by atoms with Gasteiger partial charge in [0, 0.05) is 12.1 Å². The van der Waals surface area contributed by atoms with E-state index in [0.717, 1.165) is 38.0 Å². The predicted molar refractivity (Wildman–Crippen MR) is 84.0 cm³/mol. The summed E-state index contributed by atoms with van der Waals surface area (Å²) in [6.45, 7) is 4.70. The number of hydrogen-bond donors (Lipinski definition) is 1. The van der Waals surface area contributed by atoms with E-state index in [4.69, 9.17) is 5.73 Å². The lowest BCUT2D eigenvalue weighted by Crippen LogP contribution is -2.33. The summed E-state index contributed by atoms with van der Waals surface area (Å²) in [5.41, 5.74) is 1.29. The molecule has 2 N–H and O–H groups in total. The van der Waals surface area contributed by atoms with Crippen molar-refractivity contribution < 1.29 is 25.8 Å². The van der Waals surface area contributed by atoms with Gasteiger partial charge < -0.3 is 14.8 Å². The highest BCUT2D eigenvalue weighted by molar-refractivity contribution is 7.88. The van der Waals surface area contributed by atoms with Crippen LogP contribution in [0.4, 0.5) is 13.2 Å². The number of nitrogens with two attached hydrogens (primary N) is 1. The van der Waals surface area contributed by atoms with E-state index in [1.165, 1.54) is 12.1 Å². The lowest BCUT2D eigenvalue weighted by atomic mass is 9.86. The molecule has 1 heterocycles. The molecule has 0 atom stereocenters. The highest BCUT2D eigenvalue weighted by Gasteiger charge is 2.48. The van der Waals surface area contributed by atoms with E-state index in [-0.39, 0.29) is 18.2 Å². The number of halogens is 3. The molecule has 5 nitrogen and oxygen atoms in total. The maximum atomic E-state index is 12.5. The third-order valence-electron chi connectivity index (χ3n) is 4.33. The Labute approximate surface area is 139 Å². The summed E-state index contributed by atoms with van der Waals surface area (Å²) in [5.74, 6) is -0.214. The number of benzene rings is 1. The van der Waals surface area contributed by atoms with E-state index in [0.29, 0.717) is 5.56 Å². The summed E-state index contributed by atoms with van der Waals surface area (Å²) in [4.78, 5) is 2.28. The predicted octanol–water partition coefficient (Wildman–Crippen LogP) is 2.57. The molecule has 0 unspecified atom stereocenters. The monoisotopic (exact) mass is 366 g/mol. The maximum Gasteiger partial charge on any atom is 0.534 e. The first-order valence-electron chi connectivity index (χ1n) is 7.74. The summed E-state index contributed by atoms with van der Waals surface area (Å²) < 4.78 is 64.5. The fourth-order valence-electron chi connectivity index (χ4n) is 2.99. The van der Waals surface area contributed by atoms with Gasteiger partial charge in [-0.25, -0.2) is 0 Å². The largest absolute Gasteiger partial charge is 0.534 e. The van der Waals surface area contributed by atoms with Gasteiger partial charge in [-0.15, -0.1) is 0 Å². The third kappa shape index (κ3) is 4.01. The van der Waals surface area contributed by atoms with Crippen LogP contribution in [0.2, 0.25) is 0 Å². The van der Waals surface area contributed by atoms with E-state index in [9.17, 15) is 21.6 Å². The van der Waals surface area contributed by atoms with Crippen molar-refractivity contribution in [2.45, 2.75) is 37.7 Å². The molecule has 0 amide bonds. The molecule has 1 saturated heterocycles. The zero-order valence-electron chi connectivity index (χ0n) is 13.3. The van der Waals surface area contributed by atoms with Crippen LogP contribution in [-0.4, -0.2) is 38.5 Å². The van der Waals surface area contributed by atoms with Crippen molar-refractivity contribution in [3.8, 4) is 5.75 Å². The Morgan fingerprint density at radius 2 is 1.92 bits per heavy atom. The minimum Gasteiger partial charge on any atom is -0.376 e. The van der Waals surface area contributed by atoms with Gasteiger partial charge in [-0.2, -0.15) is 21.6 Å². The molecule has 136 valence electrons. The highest BCUT2D eigenvalue weighted by atomic mass is 32.2. The van der Waals surface area contributed by atoms with Gasteiger partial charge in [0.05, 0.1) is 0 Å². The molecule has 0 saturated carbocycles. The minimum atomic E-state index is -5.71. The zero-order valence-corrected chi connectivity index (χ0v) is 14.2. The van der Waals surface area contributed by atoms with E-state index in [2.05, 4.69) is 16.0 Å². The normalized spacial score (nSPS) is 17.9. The third-order valence-corrected chi connectivity index (χ3v) is 5.30. The number of nitrogens with zero attached hydrogens (tertiary/aromatic N) is 1. The number of alkyl halides is 3. The molecule has 1 aromatic carbocycles. The lowest BCUT2D eigenvalue weighted by molar-refractivity contribution is -0.0500. The second kappa shape index (κ2) is 7.28. The van der Waals surface area contributed by atoms with Gasteiger partial charge in [0.15, 0.2) is 0 Å². The van der Waals surface area contributed by atoms with Crippen molar-refractivity contribution >= 4 is 10.1 Å². The van der Waals surface area contributed by atoms with E-state index < -0.39 is 15.6 Å². The van der Waals surface area contributed by atoms with Crippen molar-refractivity contribution in [3.05, 3.63) is 29.3 Å². The molecule has 9 heteroatoms. The van der Waals surface area contributed by atoms with E-state index in [1.54, 1.807) is 6.07 Å². The maximum absolute atomic E-state index is 12.5. The van der Waals surface area contributed by atoms with E-state index >= 15 is 0 Å². The molecule has 1 fully saturated rings. The SMILES string of the molecule is CCN1CCC(c2cccc(OS(=O)(=O)C(F)(F)F)c2CN)CC1. The molecule has 24 heavy (non-hydrogen) atoms. The van der Waals surface area contributed by atoms with Crippen molar-refractivity contribution in [2.75, 3.05) is 19.6 Å². The topological polar surface area (TPSA) is 72.6 Å². The Morgan fingerprint density at radius 1 is 1.29 bits per heavy atom. The van der Waals surface area contributed by atoms with Crippen LogP contribution in [0.3, 0.4) is 0 Å². The van der Waals surface area contributed by atoms with Gasteiger partial charge in [-0.1, -0.05) is 19.1 Å². The second-order valence-electron chi connectivity index (χ2n) is 5.72. The van der Waals surface area contributed by atoms with Gasteiger partial charge in [-0.3, -0.25) is 0 Å². The van der Waals surface area contributed by atoms with Crippen LogP contribution >= 0.6 is 0 Å². The van der Waals surface area contributed by atoms with Gasteiger partial charge in [-0.05, 0) is 50.0 Å². The molecule has 1 aliphatic rings. The van der Waals surface area contributed by atoms with Gasteiger partial charge in [0.2, 0.25) is 0 Å². The molecular formula is C15H21F3N2O3S. The molecule has 0 spiro atoms. The number of rotatable bonds is 5. The van der Waals surface area contributed by atoms with E-state index in [1.807, 2.05) is 0 Å². The molecule has 1 aliphatic heterocycles.